The van der Waals surface area contributed by atoms with Crippen molar-refractivity contribution in [3.05, 3.63) is 29.8 Å². The monoisotopic (exact) mass is 257 g/mol. The maximum Gasteiger partial charge on any atom is 0.344 e. The first-order valence-corrected chi connectivity index (χ1v) is 5.39. The fourth-order valence-corrected chi connectivity index (χ4v) is 1.25. The average Bonchev–Trinajstić information content (AvgIpc) is 2.27. The van der Waals surface area contributed by atoms with Crippen LogP contribution in [-0.2, 0) is 20.3 Å². The van der Waals surface area contributed by atoms with Gasteiger partial charge in [-0.1, -0.05) is 6.07 Å². The third-order valence-corrected chi connectivity index (χ3v) is 2.07. The molecule has 0 amide bonds. The number of methoxy groups -OCH3 is 1. The summed E-state index contributed by atoms with van der Waals surface area (Å²) in [6.07, 6.45) is 2.28. The first-order valence-electron chi connectivity index (χ1n) is 4.39. The molecular formula is C10H9O6S-. The van der Waals surface area contributed by atoms with E-state index in [1.54, 1.807) is 0 Å². The number of phenolic OH excluding ortho intramolecular Hbond substituents is 1. The molecule has 6 nitrogen and oxygen atoms in total. The molecule has 1 aromatic carbocycles. The molecule has 0 saturated carbocycles. The molecule has 0 heterocycles. The van der Waals surface area contributed by atoms with E-state index in [0.29, 0.717) is 5.56 Å². The average molecular weight is 257 g/mol. The molecule has 0 radical (unpaired) electrons. The highest BCUT2D eigenvalue weighted by atomic mass is 32.2. The number of ether oxygens (including phenoxy) is 1. The minimum atomic E-state index is -2.88. The maximum atomic E-state index is 10.9. The summed E-state index contributed by atoms with van der Waals surface area (Å²) in [6, 6.07) is 4.39. The van der Waals surface area contributed by atoms with Crippen LogP contribution < -0.4 is 4.74 Å². The number of phenols is 1. The molecule has 1 atom stereocenters. The van der Waals surface area contributed by atoms with Crippen molar-refractivity contribution in [2.24, 2.45) is 0 Å². The molecular weight excluding hydrogens is 248 g/mol. The van der Waals surface area contributed by atoms with Gasteiger partial charge in [0.15, 0.2) is 11.5 Å². The standard InChI is InChI=1S/C10H10O6S/c1-15-9-6-7(2-4-8(9)11)3-5-10(12)16-17(13)14/h2-6,11H,1H3,(H,13,14)/p-1. The number of rotatable bonds is 4. The minimum absolute atomic E-state index is 0.0344. The van der Waals surface area contributed by atoms with E-state index in [1.807, 2.05) is 0 Å². The van der Waals surface area contributed by atoms with Gasteiger partial charge in [0.05, 0.1) is 7.11 Å². The lowest BCUT2D eigenvalue weighted by Gasteiger charge is -2.04. The first-order chi connectivity index (χ1) is 8.02. The lowest BCUT2D eigenvalue weighted by atomic mass is 10.2. The van der Waals surface area contributed by atoms with E-state index < -0.39 is 17.3 Å². The Balaban J connectivity index is 2.78. The zero-order chi connectivity index (χ0) is 12.8. The van der Waals surface area contributed by atoms with Gasteiger partial charge in [-0.05, 0) is 23.8 Å². The SMILES string of the molecule is COc1cc(C=CC(=O)OS(=O)[O-])ccc1O. The summed E-state index contributed by atoms with van der Waals surface area (Å²) >= 11 is -2.88. The van der Waals surface area contributed by atoms with Gasteiger partial charge >= 0.3 is 5.97 Å². The Morgan fingerprint density at radius 1 is 1.53 bits per heavy atom. The van der Waals surface area contributed by atoms with Gasteiger partial charge in [-0.25, -0.2) is 9.00 Å². The summed E-state index contributed by atoms with van der Waals surface area (Å²) in [5.41, 5.74) is 0.549. The molecule has 0 aliphatic carbocycles. The van der Waals surface area contributed by atoms with E-state index in [-0.39, 0.29) is 11.5 Å². The molecule has 92 valence electrons. The highest BCUT2D eigenvalue weighted by Crippen LogP contribution is 2.26. The normalized spacial score (nSPS) is 12.4. The van der Waals surface area contributed by atoms with Crippen molar-refractivity contribution in [3.8, 4) is 11.5 Å². The Hall–Kier alpha value is -1.86. The van der Waals surface area contributed by atoms with Crippen molar-refractivity contribution in [1.82, 2.24) is 0 Å². The van der Waals surface area contributed by atoms with Gasteiger partial charge in [-0.3, -0.25) is 0 Å². The maximum absolute atomic E-state index is 10.9. The Labute approximate surface area is 100.0 Å². The van der Waals surface area contributed by atoms with Crippen LogP contribution in [0.1, 0.15) is 5.56 Å². The third-order valence-electron chi connectivity index (χ3n) is 1.77. The Kier molecular flexibility index (Phi) is 4.68. The van der Waals surface area contributed by atoms with Gasteiger partial charge in [0.1, 0.15) is 11.4 Å². The zero-order valence-electron chi connectivity index (χ0n) is 8.78. The largest absolute Gasteiger partial charge is 0.740 e. The second-order valence-electron chi connectivity index (χ2n) is 2.87. The number of hydrogen-bond donors (Lipinski definition) is 1. The van der Waals surface area contributed by atoms with Gasteiger partial charge in [0.25, 0.3) is 0 Å². The second-order valence-corrected chi connectivity index (χ2v) is 3.45. The van der Waals surface area contributed by atoms with Crippen LogP contribution in [0.25, 0.3) is 6.08 Å². The van der Waals surface area contributed by atoms with E-state index in [2.05, 4.69) is 4.18 Å². The van der Waals surface area contributed by atoms with Gasteiger partial charge in [0.2, 0.25) is 0 Å². The number of benzene rings is 1. The lowest BCUT2D eigenvalue weighted by molar-refractivity contribution is -0.128. The molecule has 1 rings (SSSR count). The fraction of sp³-hybridized carbons (Fsp3) is 0.100. The highest BCUT2D eigenvalue weighted by Gasteiger charge is 2.01. The predicted octanol–water partition coefficient (Wildman–Crippen LogP) is 0.751. The fourth-order valence-electron chi connectivity index (χ4n) is 1.06. The topological polar surface area (TPSA) is 95.9 Å². The van der Waals surface area contributed by atoms with E-state index >= 15 is 0 Å². The molecule has 0 bridgehead atoms. The van der Waals surface area contributed by atoms with Crippen LogP contribution in [0.2, 0.25) is 0 Å². The molecule has 1 unspecified atom stereocenters. The van der Waals surface area contributed by atoms with Crippen LogP contribution in [0.15, 0.2) is 24.3 Å². The van der Waals surface area contributed by atoms with Crippen LogP contribution >= 0.6 is 0 Å². The smallest absolute Gasteiger partial charge is 0.344 e. The van der Waals surface area contributed by atoms with E-state index in [1.165, 1.54) is 31.4 Å². The molecule has 1 N–H and O–H groups in total. The van der Waals surface area contributed by atoms with E-state index in [9.17, 15) is 18.7 Å². The van der Waals surface area contributed by atoms with Gasteiger partial charge < -0.3 is 18.6 Å². The molecule has 17 heavy (non-hydrogen) atoms. The number of hydrogen-bond acceptors (Lipinski definition) is 6. The molecule has 1 aromatic rings. The van der Waals surface area contributed by atoms with Crippen LogP contribution in [0.3, 0.4) is 0 Å². The Morgan fingerprint density at radius 2 is 2.24 bits per heavy atom. The van der Waals surface area contributed by atoms with Gasteiger partial charge in [-0.2, -0.15) is 0 Å². The van der Waals surface area contributed by atoms with Crippen LogP contribution in [0, 0.1) is 0 Å². The molecule has 0 aliphatic rings. The van der Waals surface area contributed by atoms with Gasteiger partial charge in [0, 0.05) is 6.08 Å². The summed E-state index contributed by atoms with van der Waals surface area (Å²) < 4.78 is 28.8. The summed E-state index contributed by atoms with van der Waals surface area (Å²) in [5.74, 6) is -0.800. The van der Waals surface area contributed by atoms with Crippen LogP contribution in [0.5, 0.6) is 11.5 Å². The Bertz CT molecular complexity index is 468. The number of carbonyl (C=O) groups is 1. The van der Waals surface area contributed by atoms with Crippen molar-refractivity contribution in [3.63, 3.8) is 0 Å². The molecule has 7 heteroatoms. The predicted molar refractivity (Wildman–Crippen MR) is 58.7 cm³/mol. The van der Waals surface area contributed by atoms with Gasteiger partial charge in [-0.15, -0.1) is 0 Å². The quantitative estimate of drug-likeness (QED) is 0.631. The van der Waals surface area contributed by atoms with E-state index in [0.717, 1.165) is 6.08 Å². The summed E-state index contributed by atoms with van der Waals surface area (Å²) in [7, 11) is 1.39. The third kappa shape index (κ3) is 4.25. The first kappa shape index (κ1) is 13.2. The van der Waals surface area contributed by atoms with Crippen LogP contribution in [0.4, 0.5) is 0 Å². The minimum Gasteiger partial charge on any atom is -0.740 e. The molecule has 0 aromatic heterocycles. The highest BCUT2D eigenvalue weighted by molar-refractivity contribution is 7.74. The Morgan fingerprint density at radius 3 is 2.82 bits per heavy atom. The molecule has 0 aliphatic heterocycles. The molecule has 0 saturated heterocycles. The summed E-state index contributed by atoms with van der Waals surface area (Å²) in [5, 5.41) is 9.31. The van der Waals surface area contributed by atoms with Crippen molar-refractivity contribution >= 4 is 23.4 Å². The second kappa shape index (κ2) is 6.02. The molecule has 0 fully saturated rings. The van der Waals surface area contributed by atoms with Crippen molar-refractivity contribution in [2.75, 3.05) is 7.11 Å². The lowest BCUT2D eigenvalue weighted by Crippen LogP contribution is -2.02. The van der Waals surface area contributed by atoms with E-state index in [4.69, 9.17) is 4.74 Å². The number of aromatic hydroxyl groups is 1. The van der Waals surface area contributed by atoms with Crippen molar-refractivity contribution in [1.29, 1.82) is 0 Å². The van der Waals surface area contributed by atoms with Crippen molar-refractivity contribution < 1.29 is 27.6 Å². The zero-order valence-corrected chi connectivity index (χ0v) is 9.60. The summed E-state index contributed by atoms with van der Waals surface area (Å²) in [4.78, 5) is 10.9. The van der Waals surface area contributed by atoms with Crippen molar-refractivity contribution in [2.45, 2.75) is 0 Å². The van der Waals surface area contributed by atoms with Crippen LogP contribution in [-0.4, -0.2) is 26.9 Å². The molecule has 0 spiro atoms. The number of carbonyl (C=O) groups excluding carboxylic acids is 1. The summed E-state index contributed by atoms with van der Waals surface area (Å²) in [6.45, 7) is 0.